The summed E-state index contributed by atoms with van der Waals surface area (Å²) in [7, 11) is 3.81. The van der Waals surface area contributed by atoms with Crippen LogP contribution in [0.2, 0.25) is 0 Å². The third-order valence-electron chi connectivity index (χ3n) is 5.92. The van der Waals surface area contributed by atoms with Crippen LogP contribution in [0.25, 0.3) is 0 Å². The summed E-state index contributed by atoms with van der Waals surface area (Å²) in [5.41, 5.74) is 2.45. The maximum atomic E-state index is 6.02. The van der Waals surface area contributed by atoms with Gasteiger partial charge in [0.1, 0.15) is 0 Å². The maximum absolute atomic E-state index is 6.02. The molecule has 1 aromatic carbocycles. The third kappa shape index (κ3) is 5.66. The second-order valence-electron chi connectivity index (χ2n) is 8.01. The van der Waals surface area contributed by atoms with Gasteiger partial charge in [-0.3, -0.25) is 9.67 Å². The minimum atomic E-state index is 0. The average molecular weight is 524 g/mol. The Balaban J connectivity index is 0.00000256. The van der Waals surface area contributed by atoms with Crippen molar-refractivity contribution in [1.82, 2.24) is 20.4 Å². The van der Waals surface area contributed by atoms with Crippen LogP contribution < -0.4 is 15.5 Å². The van der Waals surface area contributed by atoms with E-state index in [0.717, 1.165) is 51.5 Å². The van der Waals surface area contributed by atoms with E-state index in [1.807, 2.05) is 25.0 Å². The van der Waals surface area contributed by atoms with Gasteiger partial charge < -0.3 is 20.3 Å². The maximum Gasteiger partial charge on any atom is 0.191 e. The number of halogens is 1. The van der Waals surface area contributed by atoms with Gasteiger partial charge >= 0.3 is 0 Å². The first-order valence-electron chi connectivity index (χ1n) is 10.6. The van der Waals surface area contributed by atoms with Crippen molar-refractivity contribution in [3.05, 3.63) is 48.3 Å². The lowest BCUT2D eigenvalue weighted by molar-refractivity contribution is 0.0915. The Bertz CT molecular complexity index is 811. The Morgan fingerprint density at radius 3 is 2.83 bits per heavy atom. The van der Waals surface area contributed by atoms with Gasteiger partial charge in [0.15, 0.2) is 5.96 Å². The Morgan fingerprint density at radius 2 is 2.10 bits per heavy atom. The van der Waals surface area contributed by atoms with Gasteiger partial charge in [0.2, 0.25) is 0 Å². The molecule has 3 atom stereocenters. The minimum absolute atomic E-state index is 0. The highest BCUT2D eigenvalue weighted by molar-refractivity contribution is 14.0. The lowest BCUT2D eigenvalue weighted by Gasteiger charge is -2.34. The second-order valence-corrected chi connectivity index (χ2v) is 8.01. The Kier molecular flexibility index (Phi) is 8.38. The fraction of sp³-hybridized carbons (Fsp3) is 0.545. The molecule has 2 saturated heterocycles. The summed E-state index contributed by atoms with van der Waals surface area (Å²) >= 11 is 0. The van der Waals surface area contributed by atoms with Gasteiger partial charge in [-0.15, -0.1) is 24.0 Å². The van der Waals surface area contributed by atoms with Gasteiger partial charge in [0.05, 0.1) is 18.0 Å². The van der Waals surface area contributed by atoms with E-state index in [1.54, 1.807) is 0 Å². The lowest BCUT2D eigenvalue weighted by Crippen LogP contribution is -2.51. The summed E-state index contributed by atoms with van der Waals surface area (Å²) in [6.07, 6.45) is 7.57. The molecule has 2 fully saturated rings. The van der Waals surface area contributed by atoms with Crippen molar-refractivity contribution in [3.8, 4) is 0 Å². The molecule has 3 unspecified atom stereocenters. The number of aliphatic imine (C=N–C) groups is 1. The van der Waals surface area contributed by atoms with Crippen molar-refractivity contribution in [2.75, 3.05) is 38.2 Å². The van der Waals surface area contributed by atoms with Crippen LogP contribution >= 0.6 is 24.0 Å². The molecule has 164 valence electrons. The van der Waals surface area contributed by atoms with Crippen LogP contribution in [-0.2, 0) is 11.8 Å². The fourth-order valence-electron chi connectivity index (χ4n) is 4.37. The number of guanidine groups is 1. The monoisotopic (exact) mass is 524 g/mol. The number of ether oxygens (including phenoxy) is 1. The van der Waals surface area contributed by atoms with Crippen molar-refractivity contribution in [2.24, 2.45) is 18.0 Å². The zero-order valence-electron chi connectivity index (χ0n) is 17.8. The standard InChI is InChI=1S/C22H32N6O.HI/c1-23-22(24-13-18-10-12-29-21(18)17-7-4-3-5-8-17)26-19-9-6-11-28(15-19)20-14-25-27(2)16-20;/h3-5,7-8,14,16,18-19,21H,6,9-13,15H2,1-2H3,(H2,23,24,26);1H. The lowest BCUT2D eigenvalue weighted by atomic mass is 9.95. The summed E-state index contributed by atoms with van der Waals surface area (Å²) in [6.45, 7) is 3.72. The molecule has 2 aliphatic heterocycles. The molecule has 1 aromatic heterocycles. The summed E-state index contributed by atoms with van der Waals surface area (Å²) in [5, 5.41) is 11.5. The molecule has 0 radical (unpaired) electrons. The number of anilines is 1. The molecule has 8 heteroatoms. The van der Waals surface area contributed by atoms with Gasteiger partial charge in [0.25, 0.3) is 0 Å². The second kappa shape index (κ2) is 11.0. The van der Waals surface area contributed by atoms with Crippen LogP contribution in [0.4, 0.5) is 5.69 Å². The Hall–Kier alpha value is -1.81. The van der Waals surface area contributed by atoms with Crippen molar-refractivity contribution in [3.63, 3.8) is 0 Å². The normalized spacial score (nSPS) is 24.4. The molecule has 4 rings (SSSR count). The van der Waals surface area contributed by atoms with E-state index in [-0.39, 0.29) is 30.1 Å². The molecule has 0 spiro atoms. The molecule has 2 aliphatic rings. The molecule has 2 aromatic rings. The van der Waals surface area contributed by atoms with Crippen LogP contribution in [0.15, 0.2) is 47.7 Å². The zero-order valence-corrected chi connectivity index (χ0v) is 20.2. The number of aryl methyl sites for hydroxylation is 1. The van der Waals surface area contributed by atoms with E-state index in [9.17, 15) is 0 Å². The highest BCUT2D eigenvalue weighted by Crippen LogP contribution is 2.33. The topological polar surface area (TPSA) is 66.7 Å². The van der Waals surface area contributed by atoms with Crippen molar-refractivity contribution >= 4 is 35.6 Å². The van der Waals surface area contributed by atoms with E-state index in [2.05, 4.69) is 62.2 Å². The van der Waals surface area contributed by atoms with Gasteiger partial charge in [0, 0.05) is 58.5 Å². The molecule has 2 N–H and O–H groups in total. The molecule has 0 bridgehead atoms. The number of hydrogen-bond acceptors (Lipinski definition) is 4. The number of nitrogens with one attached hydrogen (secondary N) is 2. The van der Waals surface area contributed by atoms with E-state index in [0.29, 0.717) is 12.0 Å². The quantitative estimate of drug-likeness (QED) is 0.358. The van der Waals surface area contributed by atoms with E-state index >= 15 is 0 Å². The number of piperidine rings is 1. The summed E-state index contributed by atoms with van der Waals surface area (Å²) in [5.74, 6) is 1.33. The highest BCUT2D eigenvalue weighted by atomic mass is 127. The molecule has 30 heavy (non-hydrogen) atoms. The van der Waals surface area contributed by atoms with Crippen LogP contribution in [0.3, 0.4) is 0 Å². The molecule has 0 aliphatic carbocycles. The van der Waals surface area contributed by atoms with Gasteiger partial charge in [-0.25, -0.2) is 0 Å². The summed E-state index contributed by atoms with van der Waals surface area (Å²) < 4.78 is 7.88. The van der Waals surface area contributed by atoms with Crippen LogP contribution in [0.5, 0.6) is 0 Å². The van der Waals surface area contributed by atoms with E-state index < -0.39 is 0 Å². The Morgan fingerprint density at radius 1 is 1.27 bits per heavy atom. The number of nitrogens with zero attached hydrogens (tertiary/aromatic N) is 4. The highest BCUT2D eigenvalue weighted by Gasteiger charge is 2.30. The number of benzene rings is 1. The molecule has 3 heterocycles. The molecular formula is C22H33IN6O. The van der Waals surface area contributed by atoms with Crippen molar-refractivity contribution < 1.29 is 4.74 Å². The van der Waals surface area contributed by atoms with Gasteiger partial charge in [-0.1, -0.05) is 30.3 Å². The predicted octanol–water partition coefficient (Wildman–Crippen LogP) is 2.95. The van der Waals surface area contributed by atoms with Crippen LogP contribution in [0, 0.1) is 5.92 Å². The van der Waals surface area contributed by atoms with Crippen LogP contribution in [0.1, 0.15) is 30.9 Å². The third-order valence-corrected chi connectivity index (χ3v) is 5.92. The first-order chi connectivity index (χ1) is 14.2. The Labute approximate surface area is 196 Å². The largest absolute Gasteiger partial charge is 0.373 e. The summed E-state index contributed by atoms with van der Waals surface area (Å²) in [4.78, 5) is 6.86. The fourth-order valence-corrected chi connectivity index (χ4v) is 4.37. The molecule has 0 amide bonds. The van der Waals surface area contributed by atoms with E-state index in [1.165, 1.54) is 11.3 Å². The van der Waals surface area contributed by atoms with E-state index in [4.69, 9.17) is 4.74 Å². The smallest absolute Gasteiger partial charge is 0.191 e. The number of aromatic nitrogens is 2. The zero-order chi connectivity index (χ0) is 20.1. The molecular weight excluding hydrogens is 491 g/mol. The average Bonchev–Trinajstić information content (AvgIpc) is 3.41. The minimum Gasteiger partial charge on any atom is -0.373 e. The first kappa shape index (κ1) is 22.9. The predicted molar refractivity (Wildman–Crippen MR) is 132 cm³/mol. The number of hydrogen-bond donors (Lipinski definition) is 2. The van der Waals surface area contributed by atoms with Gasteiger partial charge in [-0.2, -0.15) is 5.10 Å². The van der Waals surface area contributed by atoms with Gasteiger partial charge in [-0.05, 0) is 24.8 Å². The first-order valence-corrected chi connectivity index (χ1v) is 10.6. The van der Waals surface area contributed by atoms with Crippen molar-refractivity contribution in [1.29, 1.82) is 0 Å². The number of rotatable bonds is 5. The van der Waals surface area contributed by atoms with Crippen molar-refractivity contribution in [2.45, 2.75) is 31.4 Å². The SMILES string of the molecule is CN=C(NCC1CCOC1c1ccccc1)NC1CCCN(c2cnn(C)c2)C1.I. The summed E-state index contributed by atoms with van der Waals surface area (Å²) in [6, 6.07) is 10.9. The molecule has 7 nitrogen and oxygen atoms in total. The van der Waals surface area contributed by atoms with Crippen LogP contribution in [-0.4, -0.2) is 55.1 Å². The molecule has 0 saturated carbocycles.